The molecule has 2 fully saturated rings. The van der Waals surface area contributed by atoms with Gasteiger partial charge in [-0.1, -0.05) is 35.3 Å². The van der Waals surface area contributed by atoms with Crippen LogP contribution in [-0.4, -0.2) is 54.5 Å². The number of hydrogen-bond donors (Lipinski definition) is 1. The van der Waals surface area contributed by atoms with E-state index < -0.39 is 0 Å². The van der Waals surface area contributed by atoms with Gasteiger partial charge in [0.25, 0.3) is 0 Å². The molecule has 2 aliphatic rings. The number of piperidine rings is 2. The first-order valence-electron chi connectivity index (χ1n) is 11.4. The van der Waals surface area contributed by atoms with E-state index in [4.69, 9.17) is 33.7 Å². The highest BCUT2D eigenvalue weighted by Gasteiger charge is 2.25. The lowest BCUT2D eigenvalue weighted by Crippen LogP contribution is -2.43. The van der Waals surface area contributed by atoms with E-state index in [0.717, 1.165) is 62.8 Å². The summed E-state index contributed by atoms with van der Waals surface area (Å²) >= 11 is 12.1. The Hall–Kier alpha value is -1.79. The van der Waals surface area contributed by atoms with Crippen LogP contribution >= 0.6 is 23.2 Å². The fourth-order valence-corrected chi connectivity index (χ4v) is 5.01. The van der Waals surface area contributed by atoms with Crippen molar-refractivity contribution >= 4 is 29.1 Å². The molecule has 32 heavy (non-hydrogen) atoms. The van der Waals surface area contributed by atoms with Crippen LogP contribution < -0.4 is 10.5 Å². The van der Waals surface area contributed by atoms with Crippen molar-refractivity contribution in [2.24, 2.45) is 11.7 Å². The first kappa shape index (κ1) is 23.4. The van der Waals surface area contributed by atoms with Crippen molar-refractivity contribution in [2.45, 2.75) is 38.3 Å². The molecule has 0 unspecified atom stereocenters. The minimum absolute atomic E-state index is 0.238. The van der Waals surface area contributed by atoms with Crippen molar-refractivity contribution in [3.8, 4) is 5.75 Å². The van der Waals surface area contributed by atoms with Gasteiger partial charge in [0.05, 0.1) is 10.0 Å². The standard InChI is InChI=1S/C25H31Cl2N3O2/c26-23-5-4-22(15-24(23)27)32-21-8-12-30(13-9-21)16-18-6-10-29(11-7-18)17-19-2-1-3-20(14-19)25(28)31/h1-5,14-15,18,21H,6-13,16-17H2,(H2,28,31). The molecule has 1 amide bonds. The molecule has 7 heteroatoms. The van der Waals surface area contributed by atoms with Crippen LogP contribution in [0.2, 0.25) is 10.0 Å². The fraction of sp³-hybridized carbons (Fsp3) is 0.480. The second-order valence-corrected chi connectivity index (χ2v) is 9.79. The maximum atomic E-state index is 11.4. The normalized spacial score (nSPS) is 19.2. The number of amides is 1. The van der Waals surface area contributed by atoms with Crippen LogP contribution in [0.3, 0.4) is 0 Å². The summed E-state index contributed by atoms with van der Waals surface area (Å²) in [5.41, 5.74) is 7.15. The van der Waals surface area contributed by atoms with Gasteiger partial charge in [-0.15, -0.1) is 0 Å². The van der Waals surface area contributed by atoms with Crippen LogP contribution in [0.5, 0.6) is 5.75 Å². The highest BCUT2D eigenvalue weighted by atomic mass is 35.5. The zero-order valence-electron chi connectivity index (χ0n) is 18.3. The van der Waals surface area contributed by atoms with Gasteiger partial charge in [-0.25, -0.2) is 0 Å². The molecule has 2 saturated heterocycles. The fourth-order valence-electron chi connectivity index (χ4n) is 4.73. The molecule has 0 atom stereocenters. The van der Waals surface area contributed by atoms with Crippen LogP contribution in [0.25, 0.3) is 0 Å². The van der Waals surface area contributed by atoms with Gasteiger partial charge < -0.3 is 15.4 Å². The molecule has 172 valence electrons. The predicted molar refractivity (Wildman–Crippen MR) is 130 cm³/mol. The van der Waals surface area contributed by atoms with Gasteiger partial charge in [-0.05, 0) is 74.5 Å². The van der Waals surface area contributed by atoms with E-state index >= 15 is 0 Å². The molecule has 0 aromatic heterocycles. The van der Waals surface area contributed by atoms with Crippen LogP contribution in [0.4, 0.5) is 0 Å². The Morgan fingerprint density at radius 3 is 2.34 bits per heavy atom. The molecule has 0 aliphatic carbocycles. The van der Waals surface area contributed by atoms with Crippen molar-refractivity contribution < 1.29 is 9.53 Å². The molecule has 2 aliphatic heterocycles. The Kier molecular flexibility index (Phi) is 7.95. The summed E-state index contributed by atoms with van der Waals surface area (Å²) in [6.07, 6.45) is 4.75. The molecule has 4 rings (SSSR count). The Morgan fingerprint density at radius 2 is 1.66 bits per heavy atom. The molecular weight excluding hydrogens is 445 g/mol. The van der Waals surface area contributed by atoms with Crippen LogP contribution in [0.1, 0.15) is 41.6 Å². The van der Waals surface area contributed by atoms with E-state index in [9.17, 15) is 4.79 Å². The van der Waals surface area contributed by atoms with E-state index in [2.05, 4.69) is 15.9 Å². The number of benzene rings is 2. The number of primary amides is 1. The average molecular weight is 476 g/mol. The number of halogens is 2. The molecule has 0 spiro atoms. The average Bonchev–Trinajstić information content (AvgIpc) is 2.79. The highest BCUT2D eigenvalue weighted by molar-refractivity contribution is 6.42. The number of nitrogens with zero attached hydrogens (tertiary/aromatic N) is 2. The summed E-state index contributed by atoms with van der Waals surface area (Å²) in [5, 5.41) is 1.09. The van der Waals surface area contributed by atoms with E-state index in [1.54, 1.807) is 18.2 Å². The third kappa shape index (κ3) is 6.38. The van der Waals surface area contributed by atoms with Gasteiger partial charge in [-0.2, -0.15) is 0 Å². The topological polar surface area (TPSA) is 58.8 Å². The summed E-state index contributed by atoms with van der Waals surface area (Å²) in [6.45, 7) is 6.40. The third-order valence-electron chi connectivity index (χ3n) is 6.57. The summed E-state index contributed by atoms with van der Waals surface area (Å²) in [6, 6.07) is 13.1. The second-order valence-electron chi connectivity index (χ2n) is 8.98. The summed E-state index contributed by atoms with van der Waals surface area (Å²) < 4.78 is 6.12. The van der Waals surface area contributed by atoms with Gasteiger partial charge in [-0.3, -0.25) is 9.69 Å². The largest absolute Gasteiger partial charge is 0.490 e. The Labute approximate surface area is 200 Å². The van der Waals surface area contributed by atoms with Crippen LogP contribution in [0, 0.1) is 5.92 Å². The lowest BCUT2D eigenvalue weighted by Gasteiger charge is -2.37. The van der Waals surface area contributed by atoms with Gasteiger partial charge >= 0.3 is 0 Å². The molecule has 5 nitrogen and oxygen atoms in total. The number of carbonyl (C=O) groups is 1. The van der Waals surface area contributed by atoms with Crippen LogP contribution in [0.15, 0.2) is 42.5 Å². The second kappa shape index (κ2) is 10.9. The Balaban J connectivity index is 1.17. The number of likely N-dealkylation sites (tertiary alicyclic amines) is 2. The monoisotopic (exact) mass is 475 g/mol. The summed E-state index contributed by atoms with van der Waals surface area (Å²) in [4.78, 5) is 16.5. The number of carbonyl (C=O) groups excluding carboxylic acids is 1. The van der Waals surface area contributed by atoms with Gasteiger partial charge in [0.2, 0.25) is 5.91 Å². The van der Waals surface area contributed by atoms with Crippen molar-refractivity contribution in [3.63, 3.8) is 0 Å². The van der Waals surface area contributed by atoms with Gasteiger partial charge in [0, 0.05) is 37.8 Å². The Morgan fingerprint density at radius 1 is 0.938 bits per heavy atom. The van der Waals surface area contributed by atoms with Crippen molar-refractivity contribution in [3.05, 3.63) is 63.6 Å². The van der Waals surface area contributed by atoms with Crippen molar-refractivity contribution in [2.75, 3.05) is 32.7 Å². The number of hydrogen-bond acceptors (Lipinski definition) is 4. The van der Waals surface area contributed by atoms with Crippen molar-refractivity contribution in [1.82, 2.24) is 9.80 Å². The van der Waals surface area contributed by atoms with Crippen LogP contribution in [-0.2, 0) is 6.54 Å². The van der Waals surface area contributed by atoms with E-state index in [-0.39, 0.29) is 12.0 Å². The predicted octanol–water partition coefficient (Wildman–Crippen LogP) is 4.85. The maximum absolute atomic E-state index is 11.4. The Bertz CT molecular complexity index is 923. The molecular formula is C25H31Cl2N3O2. The molecule has 2 aromatic carbocycles. The van der Waals surface area contributed by atoms with Gasteiger partial charge in [0.15, 0.2) is 0 Å². The minimum atomic E-state index is -0.364. The van der Waals surface area contributed by atoms with Gasteiger partial charge in [0.1, 0.15) is 11.9 Å². The quantitative estimate of drug-likeness (QED) is 0.621. The lowest BCUT2D eigenvalue weighted by atomic mass is 9.94. The maximum Gasteiger partial charge on any atom is 0.248 e. The van der Waals surface area contributed by atoms with E-state index in [1.165, 1.54) is 19.4 Å². The third-order valence-corrected chi connectivity index (χ3v) is 7.31. The lowest BCUT2D eigenvalue weighted by molar-refractivity contribution is 0.0773. The summed E-state index contributed by atoms with van der Waals surface area (Å²) in [7, 11) is 0. The first-order chi connectivity index (χ1) is 15.5. The molecule has 2 N–H and O–H groups in total. The smallest absolute Gasteiger partial charge is 0.248 e. The highest BCUT2D eigenvalue weighted by Crippen LogP contribution is 2.29. The number of nitrogens with two attached hydrogens (primary N) is 1. The molecule has 0 radical (unpaired) electrons. The zero-order chi connectivity index (χ0) is 22.5. The first-order valence-corrected chi connectivity index (χ1v) is 12.2. The number of rotatable bonds is 7. The van der Waals surface area contributed by atoms with E-state index in [1.807, 2.05) is 18.2 Å². The number of ether oxygens (including phenoxy) is 1. The minimum Gasteiger partial charge on any atom is -0.490 e. The molecule has 2 aromatic rings. The van der Waals surface area contributed by atoms with Crippen molar-refractivity contribution in [1.29, 1.82) is 0 Å². The zero-order valence-corrected chi connectivity index (χ0v) is 19.8. The molecule has 0 saturated carbocycles. The SMILES string of the molecule is NC(=O)c1cccc(CN2CCC(CN3CCC(Oc4ccc(Cl)c(Cl)c4)CC3)CC2)c1. The molecule has 2 heterocycles. The molecule has 0 bridgehead atoms. The van der Waals surface area contributed by atoms with E-state index in [0.29, 0.717) is 15.6 Å². The summed E-state index contributed by atoms with van der Waals surface area (Å²) in [5.74, 6) is 1.18.